The molecule has 0 amide bonds. The molecule has 0 aromatic carbocycles. The lowest BCUT2D eigenvalue weighted by molar-refractivity contribution is -0.165. The fourth-order valence-electron chi connectivity index (χ4n) is 3.55. The Balaban J connectivity index is 1.70. The molecule has 0 bridgehead atoms. The van der Waals surface area contributed by atoms with Gasteiger partial charge in [-0.25, -0.2) is 9.67 Å². The van der Waals surface area contributed by atoms with Crippen molar-refractivity contribution < 1.29 is 32.5 Å². The van der Waals surface area contributed by atoms with Crippen molar-refractivity contribution in [2.45, 2.75) is 63.5 Å². The number of nitrogens with zero attached hydrogens (tertiary/aromatic N) is 5. The van der Waals surface area contributed by atoms with Crippen LogP contribution in [-0.4, -0.2) is 67.0 Å². The molecule has 1 N–H and O–H groups in total. The quantitative estimate of drug-likeness (QED) is 0.838. The van der Waals surface area contributed by atoms with Crippen LogP contribution in [0, 0.1) is 6.92 Å². The van der Waals surface area contributed by atoms with Crippen LogP contribution in [0.1, 0.15) is 32.1 Å². The van der Waals surface area contributed by atoms with Gasteiger partial charge < -0.3 is 19.3 Å². The summed E-state index contributed by atoms with van der Waals surface area (Å²) in [4.78, 5) is 8.14. The van der Waals surface area contributed by atoms with Gasteiger partial charge in [0.15, 0.2) is 23.6 Å². The number of rotatable bonds is 3. The molecule has 1 aliphatic carbocycles. The van der Waals surface area contributed by atoms with E-state index in [-0.39, 0.29) is 29.3 Å². The number of aliphatic hydroxyl groups excluding tert-OH is 1. The van der Waals surface area contributed by atoms with Crippen molar-refractivity contribution in [3.8, 4) is 5.88 Å². The van der Waals surface area contributed by atoms with Crippen LogP contribution in [0.5, 0.6) is 5.88 Å². The van der Waals surface area contributed by atoms with Crippen LogP contribution in [0.2, 0.25) is 0 Å². The van der Waals surface area contributed by atoms with Crippen molar-refractivity contribution >= 4 is 11.2 Å². The van der Waals surface area contributed by atoms with Gasteiger partial charge in [-0.2, -0.15) is 18.2 Å². The van der Waals surface area contributed by atoms with E-state index in [2.05, 4.69) is 20.3 Å². The third-order valence-electron chi connectivity index (χ3n) is 4.50. The first-order chi connectivity index (χ1) is 12.5. The van der Waals surface area contributed by atoms with Crippen LogP contribution in [-0.2, 0) is 9.47 Å². The zero-order valence-electron chi connectivity index (χ0n) is 14.8. The van der Waals surface area contributed by atoms with Gasteiger partial charge in [-0.15, -0.1) is 5.10 Å². The monoisotopic (exact) mass is 389 g/mol. The molecule has 0 unspecified atom stereocenters. The molecule has 148 valence electrons. The number of hydrogen-bond acceptors (Lipinski definition) is 8. The first-order valence-corrected chi connectivity index (χ1v) is 8.37. The van der Waals surface area contributed by atoms with E-state index >= 15 is 0 Å². The molecular formula is C15H18F3N5O4. The molecule has 9 nitrogen and oxygen atoms in total. The third kappa shape index (κ3) is 3.32. The number of hydrogen-bond donors (Lipinski definition) is 1. The van der Waals surface area contributed by atoms with Gasteiger partial charge in [0.25, 0.3) is 0 Å². The summed E-state index contributed by atoms with van der Waals surface area (Å²) in [6.45, 7) is 3.51. The zero-order valence-corrected chi connectivity index (χ0v) is 14.8. The van der Waals surface area contributed by atoms with Crippen LogP contribution in [0.4, 0.5) is 13.2 Å². The van der Waals surface area contributed by atoms with E-state index in [9.17, 15) is 18.3 Å². The number of aromatic nitrogens is 5. The molecule has 2 aliphatic rings. The summed E-state index contributed by atoms with van der Waals surface area (Å²) in [5.41, 5.74) is 0.229. The van der Waals surface area contributed by atoms with Gasteiger partial charge in [-0.05, 0) is 20.8 Å². The molecule has 4 rings (SSSR count). The molecule has 2 aromatic rings. The number of aryl methyl sites for hydroxylation is 1. The van der Waals surface area contributed by atoms with Crippen LogP contribution in [0.25, 0.3) is 11.2 Å². The van der Waals surface area contributed by atoms with Crippen molar-refractivity contribution in [1.29, 1.82) is 0 Å². The van der Waals surface area contributed by atoms with Gasteiger partial charge in [0.2, 0.25) is 5.88 Å². The average molecular weight is 389 g/mol. The maximum absolute atomic E-state index is 12.5. The molecule has 2 aromatic heterocycles. The molecule has 1 saturated carbocycles. The fraction of sp³-hybridized carbons (Fsp3) is 0.733. The Labute approximate surface area is 151 Å². The highest BCUT2D eigenvalue weighted by Crippen LogP contribution is 2.44. The van der Waals surface area contributed by atoms with Crippen molar-refractivity contribution in [3.63, 3.8) is 0 Å². The van der Waals surface area contributed by atoms with Crippen molar-refractivity contribution in [2.24, 2.45) is 0 Å². The molecule has 12 heteroatoms. The molecule has 1 saturated heterocycles. The van der Waals surface area contributed by atoms with Gasteiger partial charge in [0.05, 0.1) is 12.1 Å². The second kappa shape index (κ2) is 5.97. The third-order valence-corrected chi connectivity index (χ3v) is 4.50. The maximum Gasteiger partial charge on any atom is 0.422 e. The largest absolute Gasteiger partial charge is 0.466 e. The Morgan fingerprint density at radius 2 is 1.96 bits per heavy atom. The molecule has 0 spiro atoms. The second-order valence-electron chi connectivity index (χ2n) is 7.12. The lowest BCUT2D eigenvalue weighted by atomic mass is 10.2. The van der Waals surface area contributed by atoms with Gasteiger partial charge in [0, 0.05) is 6.42 Å². The fourth-order valence-corrected chi connectivity index (χ4v) is 3.55. The number of fused-ring (bicyclic) bond motifs is 2. The first kappa shape index (κ1) is 18.3. The topological polar surface area (TPSA) is 104 Å². The summed E-state index contributed by atoms with van der Waals surface area (Å²) in [6, 6.07) is -0.443. The summed E-state index contributed by atoms with van der Waals surface area (Å²) in [6.07, 6.45) is -6.02. The van der Waals surface area contributed by atoms with Gasteiger partial charge >= 0.3 is 6.18 Å². The van der Waals surface area contributed by atoms with Gasteiger partial charge in [-0.3, -0.25) is 0 Å². The maximum atomic E-state index is 12.5. The van der Waals surface area contributed by atoms with Crippen LogP contribution >= 0.6 is 0 Å². The van der Waals surface area contributed by atoms with Crippen LogP contribution in [0.3, 0.4) is 0 Å². The molecule has 3 heterocycles. The van der Waals surface area contributed by atoms with Crippen LogP contribution < -0.4 is 4.74 Å². The van der Waals surface area contributed by atoms with E-state index in [4.69, 9.17) is 14.2 Å². The van der Waals surface area contributed by atoms with Crippen molar-refractivity contribution in [3.05, 3.63) is 5.82 Å². The summed E-state index contributed by atoms with van der Waals surface area (Å²) in [5.74, 6) is -0.945. The number of halogens is 3. The Morgan fingerprint density at radius 1 is 1.26 bits per heavy atom. The summed E-state index contributed by atoms with van der Waals surface area (Å²) in [7, 11) is 0. The molecule has 27 heavy (non-hydrogen) atoms. The Kier molecular flexibility index (Phi) is 4.05. The molecule has 2 fully saturated rings. The molecule has 4 atom stereocenters. The molecular weight excluding hydrogens is 371 g/mol. The Bertz CT molecular complexity index is 871. The SMILES string of the molecule is Cc1nc(OCC(F)(F)F)c2nnn([C@@H]3C[C@H](O)[C@H]4OC(C)(C)O[C@H]43)c2n1. The minimum Gasteiger partial charge on any atom is -0.466 e. The smallest absolute Gasteiger partial charge is 0.422 e. The Morgan fingerprint density at radius 3 is 2.67 bits per heavy atom. The summed E-state index contributed by atoms with van der Waals surface area (Å²) >= 11 is 0. The predicted octanol–water partition coefficient (Wildman–Crippen LogP) is 1.30. The van der Waals surface area contributed by atoms with E-state index < -0.39 is 42.9 Å². The van der Waals surface area contributed by atoms with E-state index in [0.717, 1.165) is 0 Å². The zero-order chi connectivity index (χ0) is 19.6. The lowest BCUT2D eigenvalue weighted by Crippen LogP contribution is -2.29. The van der Waals surface area contributed by atoms with E-state index in [1.54, 1.807) is 13.8 Å². The van der Waals surface area contributed by atoms with E-state index in [1.807, 2.05) is 0 Å². The minimum absolute atomic E-state index is 0.0148. The van der Waals surface area contributed by atoms with Crippen LogP contribution in [0.15, 0.2) is 0 Å². The normalized spacial score (nSPS) is 30.0. The highest BCUT2D eigenvalue weighted by atomic mass is 19.4. The highest BCUT2D eigenvalue weighted by Gasteiger charge is 2.55. The number of aliphatic hydroxyl groups is 1. The standard InChI is InChI=1S/C15H18F3N5O4/c1-6-19-12-9(13(20-6)25-5-15(16,17)18)21-22-23(12)7-4-8(24)11-10(7)26-14(2,3)27-11/h7-8,10-11,24H,4-5H2,1-3H3/t7-,8+,10+,11-/m1/s1. The van der Waals surface area contributed by atoms with Crippen molar-refractivity contribution in [2.75, 3.05) is 6.61 Å². The first-order valence-electron chi connectivity index (χ1n) is 8.37. The predicted molar refractivity (Wildman–Crippen MR) is 82.9 cm³/mol. The Hall–Kier alpha value is -2.05. The highest BCUT2D eigenvalue weighted by molar-refractivity contribution is 5.75. The van der Waals surface area contributed by atoms with E-state index in [1.165, 1.54) is 11.6 Å². The lowest BCUT2D eigenvalue weighted by Gasteiger charge is -2.22. The number of ether oxygens (including phenoxy) is 3. The molecule has 1 aliphatic heterocycles. The van der Waals surface area contributed by atoms with Crippen molar-refractivity contribution in [1.82, 2.24) is 25.0 Å². The second-order valence-corrected chi connectivity index (χ2v) is 7.12. The summed E-state index contributed by atoms with van der Waals surface area (Å²) < 4.78 is 55.3. The summed E-state index contributed by atoms with van der Waals surface area (Å²) in [5, 5.41) is 18.2. The number of alkyl halides is 3. The molecule has 0 radical (unpaired) electrons. The van der Waals surface area contributed by atoms with Gasteiger partial charge in [0.1, 0.15) is 18.0 Å². The van der Waals surface area contributed by atoms with Gasteiger partial charge in [-0.1, -0.05) is 5.21 Å². The average Bonchev–Trinajstić information content (AvgIpc) is 3.17. The van der Waals surface area contributed by atoms with E-state index in [0.29, 0.717) is 0 Å². The minimum atomic E-state index is -4.51.